The summed E-state index contributed by atoms with van der Waals surface area (Å²) in [5.74, 6) is -0.742. The maximum absolute atomic E-state index is 12.0. The minimum absolute atomic E-state index is 0.0191. The van der Waals surface area contributed by atoms with E-state index in [4.69, 9.17) is 12.2 Å². The minimum Gasteiger partial charge on any atom is -0.507 e. The van der Waals surface area contributed by atoms with Crippen LogP contribution in [0.1, 0.15) is 16.7 Å². The molecule has 5 nitrogen and oxygen atoms in total. The third kappa shape index (κ3) is 2.42. The molecule has 0 unspecified atom stereocenters. The first-order valence-corrected chi connectivity index (χ1v) is 6.37. The minimum atomic E-state index is -0.513. The molecule has 6 heteroatoms. The molecule has 1 heterocycles. The number of thiocarbonyl (C=S) groups is 1. The topological polar surface area (TPSA) is 69.6 Å². The van der Waals surface area contributed by atoms with Gasteiger partial charge in [0.2, 0.25) is 0 Å². The molecule has 1 aliphatic rings. The van der Waals surface area contributed by atoms with Gasteiger partial charge < -0.3 is 5.11 Å². The lowest BCUT2D eigenvalue weighted by Crippen LogP contribution is -2.52. The van der Waals surface area contributed by atoms with Crippen molar-refractivity contribution in [1.29, 1.82) is 0 Å². The highest BCUT2D eigenvalue weighted by Gasteiger charge is 2.30. The summed E-state index contributed by atoms with van der Waals surface area (Å²) in [6.07, 6.45) is 1.50. The van der Waals surface area contributed by atoms with Crippen LogP contribution in [0.15, 0.2) is 17.7 Å². The van der Waals surface area contributed by atoms with Crippen LogP contribution in [0.5, 0.6) is 5.75 Å². The Labute approximate surface area is 121 Å². The van der Waals surface area contributed by atoms with Crippen molar-refractivity contribution < 1.29 is 14.7 Å². The Bertz CT molecular complexity index is 641. The second-order valence-electron chi connectivity index (χ2n) is 4.68. The van der Waals surface area contributed by atoms with Gasteiger partial charge in [0.25, 0.3) is 11.8 Å². The molecule has 1 aliphatic heterocycles. The SMILES string of the molecule is Cc1cc(/C=C2\C(=O)NC(=S)N(C)C2=O)cc(C)c1O. The van der Waals surface area contributed by atoms with Crippen LogP contribution in [0.3, 0.4) is 0 Å². The van der Waals surface area contributed by atoms with Gasteiger partial charge >= 0.3 is 0 Å². The number of nitrogens with one attached hydrogen (secondary N) is 1. The normalized spacial score (nSPS) is 17.6. The van der Waals surface area contributed by atoms with E-state index >= 15 is 0 Å². The Morgan fingerprint density at radius 1 is 1.25 bits per heavy atom. The van der Waals surface area contributed by atoms with Crippen molar-refractivity contribution in [3.63, 3.8) is 0 Å². The molecule has 104 valence electrons. The number of aryl methyl sites for hydroxylation is 2. The molecule has 2 rings (SSSR count). The number of rotatable bonds is 1. The van der Waals surface area contributed by atoms with Gasteiger partial charge in [-0.05, 0) is 61.0 Å². The van der Waals surface area contributed by atoms with Gasteiger partial charge in [-0.25, -0.2) is 0 Å². The highest BCUT2D eigenvalue weighted by atomic mass is 32.1. The van der Waals surface area contributed by atoms with E-state index in [2.05, 4.69) is 5.32 Å². The first kappa shape index (κ1) is 14.2. The molecule has 0 aromatic heterocycles. The zero-order valence-electron chi connectivity index (χ0n) is 11.4. The lowest BCUT2D eigenvalue weighted by molar-refractivity contribution is -0.128. The van der Waals surface area contributed by atoms with Gasteiger partial charge in [-0.1, -0.05) is 0 Å². The van der Waals surface area contributed by atoms with Crippen molar-refractivity contribution in [2.24, 2.45) is 0 Å². The van der Waals surface area contributed by atoms with Crippen LogP contribution in [0.2, 0.25) is 0 Å². The number of amides is 2. The summed E-state index contributed by atoms with van der Waals surface area (Å²) in [5.41, 5.74) is 2.07. The van der Waals surface area contributed by atoms with Crippen LogP contribution in [-0.4, -0.2) is 34.0 Å². The molecule has 0 atom stereocenters. The maximum Gasteiger partial charge on any atom is 0.265 e. The third-order valence-corrected chi connectivity index (χ3v) is 3.51. The van der Waals surface area contributed by atoms with Gasteiger partial charge in [0.1, 0.15) is 11.3 Å². The zero-order chi connectivity index (χ0) is 15.0. The Kier molecular flexibility index (Phi) is 3.59. The summed E-state index contributed by atoms with van der Waals surface area (Å²) in [5, 5.41) is 12.3. The average molecular weight is 290 g/mol. The molecule has 2 N–H and O–H groups in total. The number of carbonyl (C=O) groups excluding carboxylic acids is 2. The first-order valence-electron chi connectivity index (χ1n) is 5.96. The van der Waals surface area contributed by atoms with Crippen molar-refractivity contribution >= 4 is 35.2 Å². The monoisotopic (exact) mass is 290 g/mol. The second-order valence-corrected chi connectivity index (χ2v) is 5.07. The summed E-state index contributed by atoms with van der Waals surface area (Å²) < 4.78 is 0. The smallest absolute Gasteiger partial charge is 0.265 e. The standard InChI is InChI=1S/C14H14N2O3S/c1-7-4-9(5-8(2)11(7)17)6-10-12(18)15-14(20)16(3)13(10)19/h4-6,17H,1-3H3,(H,15,18,20)/b10-6+. The van der Waals surface area contributed by atoms with Crippen LogP contribution in [0.4, 0.5) is 0 Å². The Hall–Kier alpha value is -2.21. The maximum atomic E-state index is 12.0. The number of aromatic hydroxyl groups is 1. The quantitative estimate of drug-likeness (QED) is 0.464. The van der Waals surface area contributed by atoms with Crippen molar-refractivity contribution in [1.82, 2.24) is 10.2 Å². The fourth-order valence-corrected chi connectivity index (χ4v) is 2.16. The summed E-state index contributed by atoms with van der Waals surface area (Å²) in [6.45, 7) is 3.52. The lowest BCUT2D eigenvalue weighted by atomic mass is 10.0. The van der Waals surface area contributed by atoms with Crippen molar-refractivity contribution in [3.8, 4) is 5.75 Å². The van der Waals surface area contributed by atoms with Gasteiger partial charge in [0, 0.05) is 7.05 Å². The second kappa shape index (κ2) is 5.05. The van der Waals surface area contributed by atoms with Gasteiger partial charge in [-0.15, -0.1) is 0 Å². The number of phenolic OH excluding ortho intramolecular Hbond substituents is 1. The fraction of sp³-hybridized carbons (Fsp3) is 0.214. The number of hydrogen-bond acceptors (Lipinski definition) is 4. The molecule has 0 aliphatic carbocycles. The molecule has 20 heavy (non-hydrogen) atoms. The molecule has 0 spiro atoms. The first-order chi connectivity index (χ1) is 9.31. The number of nitrogens with zero attached hydrogens (tertiary/aromatic N) is 1. The Morgan fingerprint density at radius 3 is 2.35 bits per heavy atom. The van der Waals surface area contributed by atoms with Crippen LogP contribution in [0, 0.1) is 13.8 Å². The number of carbonyl (C=O) groups is 2. The van der Waals surface area contributed by atoms with Gasteiger partial charge in [0.05, 0.1) is 0 Å². The molecule has 0 saturated carbocycles. The Balaban J connectivity index is 2.47. The molecule has 1 saturated heterocycles. The van der Waals surface area contributed by atoms with Crippen molar-refractivity contribution in [2.45, 2.75) is 13.8 Å². The molecular formula is C14H14N2O3S. The van der Waals surface area contributed by atoms with E-state index in [1.54, 1.807) is 26.0 Å². The van der Waals surface area contributed by atoms with E-state index in [9.17, 15) is 14.7 Å². The van der Waals surface area contributed by atoms with Crippen LogP contribution >= 0.6 is 12.2 Å². The zero-order valence-corrected chi connectivity index (χ0v) is 12.2. The predicted octanol–water partition coefficient (Wildman–Crippen LogP) is 1.27. The van der Waals surface area contributed by atoms with E-state index in [0.29, 0.717) is 16.7 Å². The number of phenols is 1. The Morgan fingerprint density at radius 2 is 1.80 bits per heavy atom. The molecule has 0 radical (unpaired) electrons. The molecule has 1 fully saturated rings. The molecular weight excluding hydrogens is 276 g/mol. The largest absolute Gasteiger partial charge is 0.507 e. The number of benzene rings is 1. The highest BCUT2D eigenvalue weighted by molar-refractivity contribution is 7.80. The molecule has 1 aromatic carbocycles. The van der Waals surface area contributed by atoms with Crippen molar-refractivity contribution in [2.75, 3.05) is 7.05 Å². The third-order valence-electron chi connectivity index (χ3n) is 3.13. The van der Waals surface area contributed by atoms with Crippen LogP contribution in [-0.2, 0) is 9.59 Å². The number of hydrogen-bond donors (Lipinski definition) is 2. The van der Waals surface area contributed by atoms with Crippen LogP contribution < -0.4 is 5.32 Å². The van der Waals surface area contributed by atoms with E-state index in [1.807, 2.05) is 0 Å². The summed E-state index contributed by atoms with van der Waals surface area (Å²) >= 11 is 4.87. The van der Waals surface area contributed by atoms with E-state index < -0.39 is 11.8 Å². The van der Waals surface area contributed by atoms with Gasteiger partial charge in [-0.2, -0.15) is 0 Å². The van der Waals surface area contributed by atoms with Crippen LogP contribution in [0.25, 0.3) is 6.08 Å². The molecule has 0 bridgehead atoms. The summed E-state index contributed by atoms with van der Waals surface area (Å²) in [7, 11) is 1.51. The van der Waals surface area contributed by atoms with E-state index in [0.717, 1.165) is 0 Å². The molecule has 2 amide bonds. The molecule has 1 aromatic rings. The van der Waals surface area contributed by atoms with Crippen molar-refractivity contribution in [3.05, 3.63) is 34.4 Å². The lowest BCUT2D eigenvalue weighted by Gasteiger charge is -2.25. The van der Waals surface area contributed by atoms with Gasteiger partial charge in [0.15, 0.2) is 5.11 Å². The average Bonchev–Trinajstić information content (AvgIpc) is 2.38. The van der Waals surface area contributed by atoms with E-state index in [-0.39, 0.29) is 16.4 Å². The highest BCUT2D eigenvalue weighted by Crippen LogP contribution is 2.24. The summed E-state index contributed by atoms with van der Waals surface area (Å²) in [6, 6.07) is 3.42. The van der Waals surface area contributed by atoms with Gasteiger partial charge in [-0.3, -0.25) is 19.8 Å². The fourth-order valence-electron chi connectivity index (χ4n) is 1.99. The van der Waals surface area contributed by atoms with E-state index in [1.165, 1.54) is 18.0 Å². The summed E-state index contributed by atoms with van der Waals surface area (Å²) in [4.78, 5) is 25.1. The number of likely N-dealkylation sites (N-methyl/N-ethyl adjacent to an activating group) is 1. The predicted molar refractivity (Wildman–Crippen MR) is 79.1 cm³/mol.